The monoisotopic (exact) mass is 438 g/mol. The van der Waals surface area contributed by atoms with Crippen LogP contribution in [-0.4, -0.2) is 24.5 Å². The van der Waals surface area contributed by atoms with Gasteiger partial charge in [0.15, 0.2) is 0 Å². The van der Waals surface area contributed by atoms with Crippen molar-refractivity contribution >= 4 is 15.8 Å². The molecule has 4 rings (SSSR count). The van der Waals surface area contributed by atoms with Crippen LogP contribution in [0.15, 0.2) is 89.8 Å². The van der Waals surface area contributed by atoms with Crippen LogP contribution in [0.1, 0.15) is 30.4 Å². The van der Waals surface area contributed by atoms with E-state index in [2.05, 4.69) is 70.0 Å². The van der Waals surface area contributed by atoms with Crippen molar-refractivity contribution in [2.24, 2.45) is 0 Å². The summed E-state index contributed by atoms with van der Waals surface area (Å²) in [5.74, 6) is 0. The molecule has 4 N–H and O–H groups in total. The van der Waals surface area contributed by atoms with E-state index < -0.39 is 10.1 Å². The molecule has 3 aromatic carbocycles. The number of benzene rings is 3. The minimum absolute atomic E-state index is 0.144. The predicted molar refractivity (Wildman–Crippen MR) is 120 cm³/mol. The van der Waals surface area contributed by atoms with Gasteiger partial charge in [0, 0.05) is 6.54 Å². The smallest absolute Gasteiger partial charge is 0.294 e. The summed E-state index contributed by atoms with van der Waals surface area (Å²) in [7, 11) is -4.21. The van der Waals surface area contributed by atoms with E-state index in [1.165, 1.54) is 23.3 Å². The van der Waals surface area contributed by atoms with Gasteiger partial charge in [-0.15, -0.1) is 0 Å². The molecule has 0 spiro atoms. The Labute approximate surface area is 182 Å². The molecule has 31 heavy (non-hydrogen) atoms. The largest absolute Gasteiger partial charge is 0.307 e. The molecule has 0 unspecified atom stereocenters. The molecule has 1 aliphatic heterocycles. The number of nitrogens with one attached hydrogen (secondary N) is 3. The molecule has 0 aromatic heterocycles. The van der Waals surface area contributed by atoms with Crippen molar-refractivity contribution in [3.63, 3.8) is 0 Å². The lowest BCUT2D eigenvalue weighted by Gasteiger charge is -2.48. The second-order valence-corrected chi connectivity index (χ2v) is 8.98. The lowest BCUT2D eigenvalue weighted by Crippen LogP contribution is -2.61. The summed E-state index contributed by atoms with van der Waals surface area (Å²) in [5, 5.41) is 2.21. The molecule has 8 heteroatoms. The van der Waals surface area contributed by atoms with E-state index in [-0.39, 0.29) is 10.4 Å². The Hall–Kier alpha value is -2.75. The maximum absolute atomic E-state index is 11.2. The Morgan fingerprint density at radius 1 is 0.806 bits per heavy atom. The number of rotatable bonds is 7. The van der Waals surface area contributed by atoms with Crippen LogP contribution in [0.2, 0.25) is 0 Å². The van der Waals surface area contributed by atoms with Gasteiger partial charge in [0.25, 0.3) is 10.1 Å². The molecule has 1 heterocycles. The van der Waals surface area contributed by atoms with Crippen LogP contribution < -0.4 is 16.5 Å². The van der Waals surface area contributed by atoms with Crippen molar-refractivity contribution < 1.29 is 13.0 Å². The van der Waals surface area contributed by atoms with Gasteiger partial charge in [-0.3, -0.25) is 4.55 Å². The average Bonchev–Trinajstić information content (AvgIpc) is 2.80. The topological polar surface area (TPSA) is 93.7 Å². The Morgan fingerprint density at radius 3 is 1.94 bits per heavy atom. The fourth-order valence-electron chi connectivity index (χ4n) is 4.20. The minimum atomic E-state index is -4.21. The van der Waals surface area contributed by atoms with Crippen LogP contribution >= 0.6 is 0 Å². The number of anilines is 1. The zero-order valence-corrected chi connectivity index (χ0v) is 17.8. The fraction of sp³-hybridized carbons (Fsp3) is 0.217. The summed E-state index contributed by atoms with van der Waals surface area (Å²) in [6.45, 7) is 0.847. The highest BCUT2D eigenvalue weighted by atomic mass is 32.2. The highest BCUT2D eigenvalue weighted by molar-refractivity contribution is 7.85. The minimum Gasteiger partial charge on any atom is -0.307 e. The van der Waals surface area contributed by atoms with Crippen molar-refractivity contribution in [2.45, 2.75) is 29.7 Å². The Morgan fingerprint density at radius 2 is 1.39 bits per heavy atom. The maximum Gasteiger partial charge on any atom is 0.294 e. The molecule has 0 aliphatic carbocycles. The molecule has 7 nitrogen and oxygen atoms in total. The van der Waals surface area contributed by atoms with Gasteiger partial charge in [0.05, 0.1) is 16.1 Å². The first-order chi connectivity index (χ1) is 15.0. The van der Waals surface area contributed by atoms with E-state index in [4.69, 9.17) is 4.55 Å². The van der Waals surface area contributed by atoms with E-state index in [0.29, 0.717) is 5.69 Å². The molecule has 0 amide bonds. The summed E-state index contributed by atoms with van der Waals surface area (Å²) in [6, 6.07) is 26.8. The van der Waals surface area contributed by atoms with Gasteiger partial charge in [0.2, 0.25) is 0 Å². The molecule has 0 bridgehead atoms. The van der Waals surface area contributed by atoms with Gasteiger partial charge < -0.3 is 5.43 Å². The summed E-state index contributed by atoms with van der Waals surface area (Å²) >= 11 is 0. The van der Waals surface area contributed by atoms with Gasteiger partial charge in [0.1, 0.15) is 0 Å². The molecule has 0 radical (unpaired) electrons. The van der Waals surface area contributed by atoms with Crippen LogP contribution in [0.4, 0.5) is 5.69 Å². The van der Waals surface area contributed by atoms with Crippen molar-refractivity contribution in [3.05, 3.63) is 96.1 Å². The van der Waals surface area contributed by atoms with Gasteiger partial charge in [-0.1, -0.05) is 60.7 Å². The number of piperidine rings is 1. The number of hydrogen-bond acceptors (Lipinski definition) is 6. The van der Waals surface area contributed by atoms with Crippen molar-refractivity contribution in [1.82, 2.24) is 16.1 Å². The normalized spacial score (nSPS) is 16.7. The molecule has 1 saturated heterocycles. The third-order valence-corrected chi connectivity index (χ3v) is 6.55. The van der Waals surface area contributed by atoms with E-state index in [9.17, 15) is 8.42 Å². The van der Waals surface area contributed by atoms with Crippen LogP contribution in [0.5, 0.6) is 0 Å². The number of hydrogen-bond donors (Lipinski definition) is 4. The molecule has 162 valence electrons. The van der Waals surface area contributed by atoms with E-state index >= 15 is 0 Å². The standard InChI is InChI=1S/C23H26N4O3S/c28-31(29,30)22-15-13-21(14-16-22)24-25-26-27-18-8-7-17-23(27,19-9-3-1-4-10-19)20-11-5-2-6-12-20/h1-6,9-16,24-26H,7-8,17-18H2,(H,28,29,30). The van der Waals surface area contributed by atoms with E-state index in [1.54, 1.807) is 12.1 Å². The number of hydrazine groups is 3. The van der Waals surface area contributed by atoms with Gasteiger partial charge in [-0.05, 0) is 54.7 Å². The van der Waals surface area contributed by atoms with Crippen LogP contribution in [0.25, 0.3) is 0 Å². The Balaban J connectivity index is 1.55. The first-order valence-electron chi connectivity index (χ1n) is 10.2. The lowest BCUT2D eigenvalue weighted by atomic mass is 9.76. The SMILES string of the molecule is O=S(=O)(O)c1ccc(NNNN2CCCCC2(c2ccccc2)c2ccccc2)cc1. The summed E-state index contributed by atoms with van der Waals surface area (Å²) in [5.41, 5.74) is 12.1. The van der Waals surface area contributed by atoms with Crippen molar-refractivity contribution in [2.75, 3.05) is 12.0 Å². The molecule has 0 atom stereocenters. The third kappa shape index (κ3) is 4.63. The maximum atomic E-state index is 11.2. The van der Waals surface area contributed by atoms with Gasteiger partial charge in [-0.25, -0.2) is 5.01 Å². The van der Waals surface area contributed by atoms with Crippen molar-refractivity contribution in [1.29, 1.82) is 0 Å². The summed E-state index contributed by atoms with van der Waals surface area (Å²) in [6.07, 6.45) is 3.16. The van der Waals surface area contributed by atoms with Crippen LogP contribution in [0.3, 0.4) is 0 Å². The van der Waals surface area contributed by atoms with E-state index in [1.807, 2.05) is 12.1 Å². The second kappa shape index (κ2) is 9.17. The van der Waals surface area contributed by atoms with Gasteiger partial charge in [-0.2, -0.15) is 19.5 Å². The van der Waals surface area contributed by atoms with Crippen LogP contribution in [-0.2, 0) is 15.7 Å². The predicted octanol–water partition coefficient (Wildman–Crippen LogP) is 3.70. The van der Waals surface area contributed by atoms with Crippen molar-refractivity contribution in [3.8, 4) is 0 Å². The summed E-state index contributed by atoms with van der Waals surface area (Å²) < 4.78 is 31.5. The Bertz CT molecular complexity index is 1050. The van der Waals surface area contributed by atoms with Crippen LogP contribution in [0, 0.1) is 0 Å². The zero-order chi connectivity index (χ0) is 21.7. The van der Waals surface area contributed by atoms with E-state index in [0.717, 1.165) is 25.8 Å². The second-order valence-electron chi connectivity index (χ2n) is 7.56. The quantitative estimate of drug-likeness (QED) is 0.330. The summed E-state index contributed by atoms with van der Waals surface area (Å²) in [4.78, 5) is -0.144. The molecule has 3 aromatic rings. The molecule has 1 fully saturated rings. The Kier molecular flexibility index (Phi) is 6.35. The van der Waals surface area contributed by atoms with Gasteiger partial charge >= 0.3 is 0 Å². The zero-order valence-electron chi connectivity index (χ0n) is 17.0. The highest BCUT2D eigenvalue weighted by Gasteiger charge is 2.42. The first-order valence-corrected chi connectivity index (χ1v) is 11.7. The fourth-order valence-corrected chi connectivity index (χ4v) is 4.68. The average molecular weight is 439 g/mol. The molecular weight excluding hydrogens is 412 g/mol. The molecule has 1 aliphatic rings. The third-order valence-electron chi connectivity index (χ3n) is 5.68. The molecule has 0 saturated carbocycles. The first kappa shape index (κ1) is 21.5. The molecular formula is C23H26N4O3S. The highest BCUT2D eigenvalue weighted by Crippen LogP contribution is 2.42. The lowest BCUT2D eigenvalue weighted by molar-refractivity contribution is 0.00875. The number of nitrogens with zero attached hydrogens (tertiary/aromatic N) is 1.